The van der Waals surface area contributed by atoms with Crippen LogP contribution in [0.2, 0.25) is 5.02 Å². The number of aryl methyl sites for hydroxylation is 1. The predicted octanol–water partition coefficient (Wildman–Crippen LogP) is 3.80. The monoisotopic (exact) mass is 389 g/mol. The molecule has 26 heavy (non-hydrogen) atoms. The molecule has 9 heteroatoms. The van der Waals surface area contributed by atoms with E-state index < -0.39 is 0 Å². The predicted molar refractivity (Wildman–Crippen MR) is 103 cm³/mol. The molecule has 134 valence electrons. The van der Waals surface area contributed by atoms with Crippen molar-refractivity contribution in [2.45, 2.75) is 13.3 Å². The number of thiazole rings is 1. The minimum Gasteiger partial charge on any atom is -0.326 e. The molecule has 0 aliphatic carbocycles. The van der Waals surface area contributed by atoms with Crippen molar-refractivity contribution in [1.82, 2.24) is 14.8 Å². The maximum absolute atomic E-state index is 12.5. The number of aromatic nitrogens is 3. The third-order valence-corrected chi connectivity index (χ3v) is 4.73. The molecule has 0 fully saturated rings. The van der Waals surface area contributed by atoms with Crippen LogP contribution in [0.4, 0.5) is 11.4 Å². The number of anilines is 2. The van der Waals surface area contributed by atoms with Crippen molar-refractivity contribution in [3.8, 4) is 10.6 Å². The lowest BCUT2D eigenvalue weighted by atomic mass is 10.2. The molecule has 2 amide bonds. The van der Waals surface area contributed by atoms with E-state index in [4.69, 9.17) is 11.6 Å². The summed E-state index contributed by atoms with van der Waals surface area (Å²) in [6.07, 6.45) is 3.88. The molecule has 0 unspecified atom stereocenters. The fourth-order valence-corrected chi connectivity index (χ4v) is 3.12. The first kappa shape index (κ1) is 18.1. The molecule has 3 aromatic rings. The lowest BCUT2D eigenvalue weighted by Gasteiger charge is -2.09. The third kappa shape index (κ3) is 4.09. The van der Waals surface area contributed by atoms with Crippen molar-refractivity contribution >= 4 is 46.1 Å². The summed E-state index contributed by atoms with van der Waals surface area (Å²) in [5, 5.41) is 12.3. The third-order valence-electron chi connectivity index (χ3n) is 3.51. The Bertz CT molecular complexity index is 966. The number of carbonyl (C=O) groups is 2. The zero-order valence-electron chi connectivity index (χ0n) is 14.1. The number of rotatable bonds is 5. The van der Waals surface area contributed by atoms with Crippen molar-refractivity contribution in [1.29, 1.82) is 0 Å². The van der Waals surface area contributed by atoms with Crippen LogP contribution in [-0.2, 0) is 11.8 Å². The normalized spacial score (nSPS) is 10.6. The molecule has 0 radical (unpaired) electrons. The lowest BCUT2D eigenvalue weighted by molar-refractivity contribution is -0.115. The van der Waals surface area contributed by atoms with E-state index in [0.29, 0.717) is 27.8 Å². The molecule has 2 N–H and O–H groups in total. The van der Waals surface area contributed by atoms with Crippen molar-refractivity contribution < 1.29 is 9.59 Å². The molecule has 3 rings (SSSR count). The molecule has 1 aromatic carbocycles. The fourth-order valence-electron chi connectivity index (χ4n) is 2.18. The molecule has 0 aliphatic rings. The molecule has 2 heterocycles. The van der Waals surface area contributed by atoms with E-state index >= 15 is 0 Å². The largest absolute Gasteiger partial charge is 0.326 e. The fraction of sp³-hybridized carbons (Fsp3) is 0.176. The van der Waals surface area contributed by atoms with Crippen LogP contribution in [0.1, 0.15) is 23.8 Å². The van der Waals surface area contributed by atoms with E-state index in [0.717, 1.165) is 5.56 Å². The SMILES string of the molecule is CCC(=O)Nc1ccc(Cl)c(NC(=O)c2csc(-c3cnn(C)c3)n2)c1. The van der Waals surface area contributed by atoms with Gasteiger partial charge in [-0.05, 0) is 18.2 Å². The quantitative estimate of drug-likeness (QED) is 0.694. The average Bonchev–Trinajstić information content (AvgIpc) is 3.26. The molecule has 0 saturated carbocycles. The molecule has 7 nitrogen and oxygen atoms in total. The molecule has 0 saturated heterocycles. The van der Waals surface area contributed by atoms with Crippen molar-refractivity contribution in [2.24, 2.45) is 7.05 Å². The van der Waals surface area contributed by atoms with E-state index in [2.05, 4.69) is 20.7 Å². The first-order chi connectivity index (χ1) is 12.5. The summed E-state index contributed by atoms with van der Waals surface area (Å²) in [4.78, 5) is 28.3. The summed E-state index contributed by atoms with van der Waals surface area (Å²) < 4.78 is 1.67. The zero-order chi connectivity index (χ0) is 18.7. The number of nitrogens with zero attached hydrogens (tertiary/aromatic N) is 3. The van der Waals surface area contributed by atoms with Crippen molar-refractivity contribution in [3.63, 3.8) is 0 Å². The van der Waals surface area contributed by atoms with E-state index in [1.807, 2.05) is 13.2 Å². The number of hydrogen-bond donors (Lipinski definition) is 2. The van der Waals surface area contributed by atoms with E-state index in [-0.39, 0.29) is 17.5 Å². The highest BCUT2D eigenvalue weighted by atomic mass is 35.5. The number of amides is 2. The van der Waals surface area contributed by atoms with Gasteiger partial charge < -0.3 is 10.6 Å². The minimum absolute atomic E-state index is 0.120. The summed E-state index contributed by atoms with van der Waals surface area (Å²) in [6.45, 7) is 1.76. The summed E-state index contributed by atoms with van der Waals surface area (Å²) in [5.74, 6) is -0.498. The zero-order valence-corrected chi connectivity index (χ0v) is 15.7. The second kappa shape index (κ2) is 7.67. The highest BCUT2D eigenvalue weighted by molar-refractivity contribution is 7.13. The van der Waals surface area contributed by atoms with Crippen LogP contribution in [0, 0.1) is 0 Å². The number of nitrogens with one attached hydrogen (secondary N) is 2. The first-order valence-electron chi connectivity index (χ1n) is 7.81. The first-order valence-corrected chi connectivity index (χ1v) is 9.07. The van der Waals surface area contributed by atoms with Gasteiger partial charge in [0.05, 0.1) is 16.9 Å². The summed E-state index contributed by atoms with van der Waals surface area (Å²) in [5.41, 5.74) is 2.10. The average molecular weight is 390 g/mol. The summed E-state index contributed by atoms with van der Waals surface area (Å²) in [6, 6.07) is 4.90. The van der Waals surface area contributed by atoms with E-state index in [1.165, 1.54) is 11.3 Å². The summed E-state index contributed by atoms with van der Waals surface area (Å²) in [7, 11) is 1.82. The van der Waals surface area contributed by atoms with Gasteiger partial charge in [-0.3, -0.25) is 14.3 Å². The highest BCUT2D eigenvalue weighted by Gasteiger charge is 2.15. The summed E-state index contributed by atoms with van der Waals surface area (Å²) >= 11 is 7.50. The van der Waals surface area contributed by atoms with Gasteiger partial charge in [-0.2, -0.15) is 5.10 Å². The maximum Gasteiger partial charge on any atom is 0.275 e. The van der Waals surface area contributed by atoms with Gasteiger partial charge in [0.25, 0.3) is 5.91 Å². The smallest absolute Gasteiger partial charge is 0.275 e. The van der Waals surface area contributed by atoms with Crippen molar-refractivity contribution in [3.05, 3.63) is 46.7 Å². The van der Waals surface area contributed by atoms with Crippen LogP contribution in [-0.4, -0.2) is 26.6 Å². The topological polar surface area (TPSA) is 88.9 Å². The van der Waals surface area contributed by atoms with Crippen molar-refractivity contribution in [2.75, 3.05) is 10.6 Å². The molecule has 2 aromatic heterocycles. The number of hydrogen-bond acceptors (Lipinski definition) is 5. The van der Waals surface area contributed by atoms with Crippen LogP contribution in [0.25, 0.3) is 10.6 Å². The van der Waals surface area contributed by atoms with E-state index in [1.54, 1.807) is 41.4 Å². The Balaban J connectivity index is 1.76. The van der Waals surface area contributed by atoms with Gasteiger partial charge in [0.15, 0.2) is 0 Å². The Morgan fingerprint density at radius 1 is 1.31 bits per heavy atom. The maximum atomic E-state index is 12.5. The van der Waals surface area contributed by atoms with Gasteiger partial charge in [0.1, 0.15) is 10.7 Å². The molecule has 0 atom stereocenters. The van der Waals surface area contributed by atoms with Crippen LogP contribution in [0.5, 0.6) is 0 Å². The number of halogens is 1. The highest BCUT2D eigenvalue weighted by Crippen LogP contribution is 2.27. The Kier molecular flexibility index (Phi) is 5.34. The molecule has 0 aliphatic heterocycles. The number of carbonyl (C=O) groups excluding carboxylic acids is 2. The Morgan fingerprint density at radius 3 is 2.81 bits per heavy atom. The number of benzene rings is 1. The van der Waals surface area contributed by atoms with Gasteiger partial charge >= 0.3 is 0 Å². The second-order valence-electron chi connectivity index (χ2n) is 5.49. The van der Waals surface area contributed by atoms with Gasteiger partial charge in [0.2, 0.25) is 5.91 Å². The minimum atomic E-state index is -0.378. The van der Waals surface area contributed by atoms with Crippen LogP contribution in [0.3, 0.4) is 0 Å². The molecular formula is C17H16ClN5O2S. The van der Waals surface area contributed by atoms with Gasteiger partial charge in [0, 0.05) is 36.3 Å². The van der Waals surface area contributed by atoms with Gasteiger partial charge in [-0.25, -0.2) is 4.98 Å². The Morgan fingerprint density at radius 2 is 2.12 bits per heavy atom. The molecule has 0 spiro atoms. The lowest BCUT2D eigenvalue weighted by Crippen LogP contribution is -2.14. The van der Waals surface area contributed by atoms with Gasteiger partial charge in [-0.1, -0.05) is 18.5 Å². The van der Waals surface area contributed by atoms with E-state index in [9.17, 15) is 9.59 Å². The van der Waals surface area contributed by atoms with Crippen LogP contribution in [0.15, 0.2) is 36.0 Å². The van der Waals surface area contributed by atoms with Crippen LogP contribution < -0.4 is 10.6 Å². The Hall–Kier alpha value is -2.71. The Labute approximate surface area is 159 Å². The van der Waals surface area contributed by atoms with Gasteiger partial charge in [-0.15, -0.1) is 11.3 Å². The molecule has 0 bridgehead atoms. The second-order valence-corrected chi connectivity index (χ2v) is 6.76. The van der Waals surface area contributed by atoms with Crippen LogP contribution >= 0.6 is 22.9 Å². The molecular weight excluding hydrogens is 374 g/mol. The standard InChI is InChI=1S/C17H16ClN5O2S/c1-3-15(24)20-11-4-5-12(18)13(6-11)21-16(25)14-9-26-17(22-14)10-7-19-23(2)8-10/h4-9H,3H2,1-2H3,(H,20,24)(H,21,25).